The van der Waals surface area contributed by atoms with Crippen molar-refractivity contribution in [2.75, 3.05) is 107 Å². The first kappa shape index (κ1) is 86.6. The Kier molecular flexibility index (Phi) is 42.2. The van der Waals surface area contributed by atoms with Gasteiger partial charge in [-0.2, -0.15) is 0 Å². The number of nitrogens with zero attached hydrogens (tertiary/aromatic N) is 6. The van der Waals surface area contributed by atoms with E-state index in [1.165, 1.54) is 14.2 Å². The van der Waals surface area contributed by atoms with Crippen LogP contribution in [-0.4, -0.2) is 221 Å². The third-order valence-electron chi connectivity index (χ3n) is 17.8. The lowest BCUT2D eigenvalue weighted by atomic mass is 9.83. The van der Waals surface area contributed by atoms with Gasteiger partial charge >= 0.3 is 5.97 Å². The van der Waals surface area contributed by atoms with E-state index in [9.17, 15) is 38.7 Å². The molecule has 1 aliphatic heterocycles. The van der Waals surface area contributed by atoms with E-state index in [0.29, 0.717) is 118 Å². The number of azide groups is 1. The molecule has 0 bridgehead atoms. The summed E-state index contributed by atoms with van der Waals surface area (Å²) in [5.74, 6) is -4.19. The molecule has 23 nitrogen and oxygen atoms in total. The molecule has 4 amide bonds. The number of carbonyl (C=O) groups excluding carboxylic acids is 6. The van der Waals surface area contributed by atoms with E-state index in [-0.39, 0.29) is 72.7 Å². The van der Waals surface area contributed by atoms with Crippen LogP contribution in [0.15, 0.2) is 59.7 Å². The van der Waals surface area contributed by atoms with Crippen molar-refractivity contribution in [2.45, 2.75) is 202 Å². The molecule has 1 saturated heterocycles. The van der Waals surface area contributed by atoms with Crippen LogP contribution in [0, 0.1) is 29.6 Å². The maximum Gasteiger partial charge on any atom is 0.326 e. The Morgan fingerprint density at radius 2 is 1.34 bits per heavy atom. The first-order valence-electron chi connectivity index (χ1n) is 34.7. The Hall–Kier alpha value is -5.45. The van der Waals surface area contributed by atoms with Crippen LogP contribution in [0.1, 0.15) is 131 Å². The summed E-state index contributed by atoms with van der Waals surface area (Å²) in [5.41, 5.74) is 9.81. The van der Waals surface area contributed by atoms with Crippen LogP contribution in [-0.2, 0) is 83.7 Å². The maximum atomic E-state index is 14.8. The van der Waals surface area contributed by atoms with Crippen LogP contribution < -0.4 is 10.5 Å². The third kappa shape index (κ3) is 31.2. The maximum absolute atomic E-state index is 14.8. The van der Waals surface area contributed by atoms with E-state index >= 15 is 0 Å². The van der Waals surface area contributed by atoms with Gasteiger partial charge in [0.05, 0.1) is 102 Å². The largest absolute Gasteiger partial charge is 0.480 e. The van der Waals surface area contributed by atoms with Crippen LogP contribution in [0.4, 0.5) is 0 Å². The highest BCUT2D eigenvalue weighted by Gasteiger charge is 2.44. The molecule has 2 aromatic rings. The smallest absolute Gasteiger partial charge is 0.326 e. The van der Waals surface area contributed by atoms with E-state index in [4.69, 9.17) is 42.8 Å². The number of ether oxygens (including phenoxy) is 7. The van der Waals surface area contributed by atoms with Crippen molar-refractivity contribution in [3.8, 4) is 0 Å². The fourth-order valence-corrected chi connectivity index (χ4v) is 21.0. The lowest BCUT2D eigenvalue weighted by Gasteiger charge is -2.41. The number of Topliss-reactive ketones (excluding diaryl/α,β-unsaturated/α-hetero) is 2. The minimum atomic E-state index is -2.35. The summed E-state index contributed by atoms with van der Waals surface area (Å²) in [6.45, 7) is 32.4. The van der Waals surface area contributed by atoms with Gasteiger partial charge in [0.25, 0.3) is 0 Å². The fraction of sp³-hybridized carbons (Fsp3) is 0.732. The highest BCUT2D eigenvalue weighted by Crippen LogP contribution is 2.32. The first-order valence-corrected chi connectivity index (χ1v) is 40.8. The minimum absolute atomic E-state index is 0.0515. The zero-order valence-electron chi connectivity index (χ0n) is 61.3. The van der Waals surface area contributed by atoms with Gasteiger partial charge in [-0.25, -0.2) is 4.79 Å². The highest BCUT2D eigenvalue weighted by molar-refractivity contribution is 6.92. The molecule has 0 unspecified atom stereocenters. The number of carboxylic acid groups (broad SMARTS) is 1. The van der Waals surface area contributed by atoms with E-state index in [2.05, 4.69) is 53.7 Å². The molecule has 544 valence electrons. The quantitative estimate of drug-likeness (QED) is 0.0205. The third-order valence-corrected chi connectivity index (χ3v) is 25.3. The summed E-state index contributed by atoms with van der Waals surface area (Å²) in [6.07, 6.45) is 3.20. The number of hydrogen-bond donors (Lipinski definition) is 2. The number of carbonyl (C=O) groups is 7. The molecule has 0 saturated carbocycles. The number of methoxy groups -OCH3 is 2. The standard InChI is InChI=1S/C59H96N4O11Si2.C12H25N3O5/c1-17-25-45(64)34-44-28-22-29-46(35-44)76(15,16)74-75(13,14)33-24-31-52(66)61(9)54(40(5)6)50(65)37-47(39(3)4)58(69)62(10)55(41(7)18-2)51(72-11)38-53(67)63-32-23-30-49(63)56(73-12)42(8)57(68)60-48(59(70)71)36-43-26-20-19-21-27-43;1-2-16-5-6-18-9-10-20-12-11-19-8-7-17-4-3-14-15-13/h19-22,26-29,35,39-42,47-49,51,54-56H,17-18,23-25,30-34,36-38H2,1-16H3,(H,60,68)(H,70,71);2-12H2,1H3/t41-,42+,47-,48-,49-,51+,54-,55-,56+;/m1./s1. The second-order valence-electron chi connectivity index (χ2n) is 26.9. The summed E-state index contributed by atoms with van der Waals surface area (Å²) in [7, 11) is 1.85. The number of carboxylic acids is 1. The summed E-state index contributed by atoms with van der Waals surface area (Å²) in [5, 5.41) is 17.2. The van der Waals surface area contributed by atoms with Crippen LogP contribution in [0.2, 0.25) is 32.2 Å². The lowest BCUT2D eigenvalue weighted by molar-refractivity contribution is -0.150. The molecule has 9 atom stereocenters. The van der Waals surface area contributed by atoms with Crippen LogP contribution in [0.3, 0.4) is 0 Å². The van der Waals surface area contributed by atoms with Gasteiger partial charge in [0, 0.05) is 90.9 Å². The molecule has 0 radical (unpaired) electrons. The zero-order valence-corrected chi connectivity index (χ0v) is 63.3. The second-order valence-corrected chi connectivity index (χ2v) is 35.3. The van der Waals surface area contributed by atoms with Gasteiger partial charge in [0.15, 0.2) is 14.1 Å². The molecule has 0 aromatic heterocycles. The van der Waals surface area contributed by atoms with Crippen molar-refractivity contribution >= 4 is 63.0 Å². The van der Waals surface area contributed by atoms with Crippen LogP contribution in [0.5, 0.6) is 0 Å². The number of ketones is 2. The van der Waals surface area contributed by atoms with Crippen molar-refractivity contribution in [3.05, 3.63) is 76.2 Å². The fourth-order valence-electron chi connectivity index (χ4n) is 12.5. The summed E-state index contributed by atoms with van der Waals surface area (Å²) in [4.78, 5) is 104. The second kappa shape index (κ2) is 46.8. The van der Waals surface area contributed by atoms with Crippen molar-refractivity contribution < 1.29 is 75.9 Å². The molecule has 1 aliphatic rings. The van der Waals surface area contributed by atoms with Crippen molar-refractivity contribution in [1.82, 2.24) is 20.0 Å². The van der Waals surface area contributed by atoms with Crippen LogP contribution >= 0.6 is 0 Å². The predicted octanol–water partition coefficient (Wildman–Crippen LogP) is 9.86. The molecule has 2 N–H and O–H groups in total. The number of aliphatic carboxylic acids is 1. The van der Waals surface area contributed by atoms with Crippen LogP contribution in [0.25, 0.3) is 10.4 Å². The number of amides is 4. The summed E-state index contributed by atoms with van der Waals surface area (Å²) in [6, 6.07) is 15.2. The van der Waals surface area contributed by atoms with Gasteiger partial charge in [-0.15, -0.1) is 0 Å². The molecular formula is C71H121N7O16Si2. The molecule has 25 heteroatoms. The van der Waals surface area contributed by atoms with E-state index < -0.39 is 76.7 Å². The Balaban J connectivity index is 0.00000134. The Bertz CT molecular complexity index is 2670. The summed E-state index contributed by atoms with van der Waals surface area (Å²) < 4.78 is 45.2. The van der Waals surface area contributed by atoms with E-state index in [1.54, 1.807) is 35.7 Å². The molecule has 3 rings (SSSR count). The van der Waals surface area contributed by atoms with Gasteiger partial charge in [-0.05, 0) is 104 Å². The van der Waals surface area contributed by atoms with Gasteiger partial charge in [0.1, 0.15) is 11.8 Å². The Labute approximate surface area is 576 Å². The number of hydrogen-bond acceptors (Lipinski definition) is 16. The Morgan fingerprint density at radius 1 is 0.750 bits per heavy atom. The molecule has 0 aliphatic carbocycles. The predicted molar refractivity (Wildman–Crippen MR) is 379 cm³/mol. The average Bonchev–Trinajstić information content (AvgIpc) is 1.31. The van der Waals surface area contributed by atoms with Gasteiger partial charge < -0.3 is 62.4 Å². The lowest BCUT2D eigenvalue weighted by Crippen LogP contribution is -2.55. The first-order chi connectivity index (χ1) is 45.6. The van der Waals surface area contributed by atoms with Gasteiger partial charge in [-0.3, -0.25) is 28.8 Å². The number of benzene rings is 2. The topological polar surface area (TPSA) is 284 Å². The minimum Gasteiger partial charge on any atom is -0.480 e. The Morgan fingerprint density at radius 3 is 1.88 bits per heavy atom. The van der Waals surface area contributed by atoms with Crippen molar-refractivity contribution in [1.29, 1.82) is 0 Å². The number of likely N-dealkylation sites (N-methyl/N-ethyl adjacent to an activating group) is 2. The molecular weight excluding hydrogens is 1260 g/mol. The van der Waals surface area contributed by atoms with Crippen molar-refractivity contribution in [3.63, 3.8) is 0 Å². The molecule has 1 fully saturated rings. The van der Waals surface area contributed by atoms with E-state index in [0.717, 1.165) is 28.8 Å². The monoisotopic (exact) mass is 1380 g/mol. The SMILES string of the molecule is CCCC(=O)Cc1cccc([Si](C)(C)O[Si](C)(C)CCCC(=O)N(C)[C@@H](C(=O)C[C@@H](C(=O)N(C)[C@H]([C@H](C)CC)[C@H](CC(=O)N2CCC[C@@H]2[C@@H](OC)[C@H](C)C(=O)N[C@H](Cc2ccccc2)C(=O)O)OC)C(C)C)C(C)C)c1.CCOCCOCCOCCOCCOCCN=[N+]=[N-]. The molecule has 2 aromatic carbocycles. The molecule has 0 spiro atoms. The highest BCUT2D eigenvalue weighted by atomic mass is 28.4. The number of likely N-dealkylation sites (tertiary alicyclic amines) is 1. The normalized spacial score (nSPS) is 15.9. The summed E-state index contributed by atoms with van der Waals surface area (Å²) >= 11 is 0. The average molecular weight is 1380 g/mol. The zero-order chi connectivity index (χ0) is 72.0. The van der Waals surface area contributed by atoms with Crippen molar-refractivity contribution in [2.24, 2.45) is 34.7 Å². The van der Waals surface area contributed by atoms with E-state index in [1.807, 2.05) is 97.9 Å². The van der Waals surface area contributed by atoms with Gasteiger partial charge in [-0.1, -0.05) is 122 Å². The number of nitrogens with one attached hydrogen (secondary N) is 1. The molecule has 1 heterocycles. The molecule has 96 heavy (non-hydrogen) atoms. The number of rotatable bonds is 49. The van der Waals surface area contributed by atoms with Gasteiger partial charge in [0.2, 0.25) is 31.9 Å².